The first kappa shape index (κ1) is 15.6. The molecule has 1 aromatic carbocycles. The van der Waals surface area contributed by atoms with Crippen molar-refractivity contribution in [3.05, 3.63) is 28.2 Å². The van der Waals surface area contributed by atoms with Gasteiger partial charge in [0.15, 0.2) is 0 Å². The Morgan fingerprint density at radius 1 is 1.42 bits per heavy atom. The van der Waals surface area contributed by atoms with Gasteiger partial charge < -0.3 is 5.11 Å². The lowest BCUT2D eigenvalue weighted by atomic mass is 10.2. The molecule has 0 amide bonds. The molecule has 0 saturated carbocycles. The fourth-order valence-electron chi connectivity index (χ4n) is 1.31. The van der Waals surface area contributed by atoms with Gasteiger partial charge in [0.2, 0.25) is 10.0 Å². The van der Waals surface area contributed by atoms with E-state index in [4.69, 9.17) is 10.4 Å². The molecule has 102 valence electrons. The van der Waals surface area contributed by atoms with Crippen LogP contribution in [-0.2, 0) is 14.8 Å². The Morgan fingerprint density at radius 2 is 2.11 bits per heavy atom. The van der Waals surface area contributed by atoms with Gasteiger partial charge in [0.05, 0.1) is 16.5 Å². The summed E-state index contributed by atoms with van der Waals surface area (Å²) >= 11 is 3.13. The van der Waals surface area contributed by atoms with Crippen LogP contribution in [0.15, 0.2) is 27.6 Å². The number of hydrogen-bond donors (Lipinski definition) is 2. The van der Waals surface area contributed by atoms with Crippen molar-refractivity contribution in [3.8, 4) is 6.07 Å². The molecule has 0 bridgehead atoms. The summed E-state index contributed by atoms with van der Waals surface area (Å²) in [5, 5.41) is 17.2. The fourth-order valence-corrected chi connectivity index (χ4v) is 3.10. The molecule has 0 aliphatic carbocycles. The summed E-state index contributed by atoms with van der Waals surface area (Å²) in [4.78, 5) is 10.3. The Bertz CT molecular complexity index is 622. The highest BCUT2D eigenvalue weighted by Crippen LogP contribution is 2.19. The summed E-state index contributed by atoms with van der Waals surface area (Å²) in [6.45, 7) is 0.0308. The molecule has 0 aromatic heterocycles. The third kappa shape index (κ3) is 4.98. The highest BCUT2D eigenvalue weighted by molar-refractivity contribution is 9.10. The van der Waals surface area contributed by atoms with Crippen molar-refractivity contribution in [1.29, 1.82) is 5.26 Å². The van der Waals surface area contributed by atoms with Crippen LogP contribution in [0.2, 0.25) is 0 Å². The van der Waals surface area contributed by atoms with Crippen LogP contribution in [0.25, 0.3) is 0 Å². The molecule has 0 aliphatic heterocycles. The van der Waals surface area contributed by atoms with E-state index in [2.05, 4.69) is 20.7 Å². The summed E-state index contributed by atoms with van der Waals surface area (Å²) in [5.41, 5.74) is 0.222. The summed E-state index contributed by atoms with van der Waals surface area (Å²) in [7, 11) is -3.74. The van der Waals surface area contributed by atoms with E-state index in [1.807, 2.05) is 6.07 Å². The van der Waals surface area contributed by atoms with Gasteiger partial charge in [0.1, 0.15) is 0 Å². The Hall–Kier alpha value is -1.43. The van der Waals surface area contributed by atoms with Crippen LogP contribution in [-0.4, -0.2) is 26.0 Å². The maximum Gasteiger partial charge on any atom is 0.303 e. The molecule has 0 saturated heterocycles. The van der Waals surface area contributed by atoms with Gasteiger partial charge in [0.25, 0.3) is 0 Å². The lowest BCUT2D eigenvalue weighted by Crippen LogP contribution is -2.25. The summed E-state index contributed by atoms with van der Waals surface area (Å²) in [5.74, 6) is -0.978. The molecule has 0 aliphatic rings. The monoisotopic (exact) mass is 346 g/mol. The maximum atomic E-state index is 11.9. The molecule has 6 nitrogen and oxygen atoms in total. The third-order valence-electron chi connectivity index (χ3n) is 2.17. The van der Waals surface area contributed by atoms with Gasteiger partial charge in [-0.3, -0.25) is 4.79 Å². The molecule has 1 aromatic rings. The number of hydrogen-bond acceptors (Lipinski definition) is 4. The zero-order valence-corrected chi connectivity index (χ0v) is 12.2. The number of halogens is 1. The van der Waals surface area contributed by atoms with Gasteiger partial charge in [-0.2, -0.15) is 5.26 Å². The predicted molar refractivity (Wildman–Crippen MR) is 70.9 cm³/mol. The minimum atomic E-state index is -3.74. The maximum absolute atomic E-state index is 11.9. The van der Waals surface area contributed by atoms with Crippen molar-refractivity contribution in [1.82, 2.24) is 4.72 Å². The first-order valence-electron chi connectivity index (χ1n) is 5.27. The lowest BCUT2D eigenvalue weighted by Gasteiger charge is -2.07. The van der Waals surface area contributed by atoms with Gasteiger partial charge in [0, 0.05) is 17.4 Å². The van der Waals surface area contributed by atoms with Crippen molar-refractivity contribution in [2.45, 2.75) is 17.7 Å². The highest BCUT2D eigenvalue weighted by Gasteiger charge is 2.15. The first-order chi connectivity index (χ1) is 8.85. The van der Waals surface area contributed by atoms with Gasteiger partial charge in [-0.25, -0.2) is 13.1 Å². The third-order valence-corrected chi connectivity index (χ3v) is 4.07. The molecular formula is C11H11BrN2O4S. The number of carboxylic acids is 1. The molecule has 0 heterocycles. The van der Waals surface area contributed by atoms with Crippen LogP contribution in [0.4, 0.5) is 0 Å². The zero-order chi connectivity index (χ0) is 14.5. The molecule has 0 radical (unpaired) electrons. The number of nitriles is 1. The average Bonchev–Trinajstić information content (AvgIpc) is 2.33. The fraction of sp³-hybridized carbons (Fsp3) is 0.273. The molecule has 0 atom stereocenters. The Kier molecular flexibility index (Phi) is 5.47. The van der Waals surface area contributed by atoms with Gasteiger partial charge in [-0.15, -0.1) is 0 Å². The molecule has 0 spiro atoms. The number of carboxylic acid groups (broad SMARTS) is 1. The van der Waals surface area contributed by atoms with Crippen LogP contribution in [0.5, 0.6) is 0 Å². The van der Waals surface area contributed by atoms with E-state index in [1.165, 1.54) is 18.2 Å². The molecule has 2 N–H and O–H groups in total. The largest absolute Gasteiger partial charge is 0.481 e. The number of benzene rings is 1. The zero-order valence-electron chi connectivity index (χ0n) is 9.76. The van der Waals surface area contributed by atoms with E-state index < -0.39 is 16.0 Å². The molecule has 1 rings (SSSR count). The second-order valence-corrected chi connectivity index (χ2v) is 6.37. The van der Waals surface area contributed by atoms with Crippen molar-refractivity contribution in [2.75, 3.05) is 6.54 Å². The van der Waals surface area contributed by atoms with E-state index in [-0.39, 0.29) is 29.8 Å². The van der Waals surface area contributed by atoms with Gasteiger partial charge in [-0.05, 0) is 24.6 Å². The average molecular weight is 347 g/mol. The number of aliphatic carboxylic acids is 1. The van der Waals surface area contributed by atoms with Gasteiger partial charge >= 0.3 is 5.97 Å². The Morgan fingerprint density at radius 3 is 2.68 bits per heavy atom. The van der Waals surface area contributed by atoms with Crippen LogP contribution < -0.4 is 4.72 Å². The number of carbonyl (C=O) groups is 1. The molecule has 8 heteroatoms. The molecule has 0 fully saturated rings. The van der Waals surface area contributed by atoms with E-state index in [0.717, 1.165) is 0 Å². The first-order valence-corrected chi connectivity index (χ1v) is 7.55. The van der Waals surface area contributed by atoms with E-state index in [1.54, 1.807) is 0 Å². The normalized spacial score (nSPS) is 10.9. The SMILES string of the molecule is N#Cc1cc(Br)cc(S(=O)(=O)NCCCC(=O)O)c1. The van der Waals surface area contributed by atoms with E-state index in [9.17, 15) is 13.2 Å². The quantitative estimate of drug-likeness (QED) is 0.758. The predicted octanol–water partition coefficient (Wildman–Crippen LogP) is 1.46. The highest BCUT2D eigenvalue weighted by atomic mass is 79.9. The second-order valence-electron chi connectivity index (χ2n) is 3.68. The lowest BCUT2D eigenvalue weighted by molar-refractivity contribution is -0.137. The summed E-state index contributed by atoms with van der Waals surface area (Å²) < 4.78 is 26.6. The topological polar surface area (TPSA) is 107 Å². The molecular weight excluding hydrogens is 336 g/mol. The smallest absolute Gasteiger partial charge is 0.303 e. The van der Waals surface area contributed by atoms with Crippen molar-refractivity contribution < 1.29 is 18.3 Å². The standard InChI is InChI=1S/C11H11BrN2O4S/c12-9-4-8(7-13)5-10(6-9)19(17,18)14-3-1-2-11(15)16/h4-6,14H,1-3H2,(H,15,16). The van der Waals surface area contributed by atoms with Gasteiger partial charge in [-0.1, -0.05) is 15.9 Å². The van der Waals surface area contributed by atoms with Crippen molar-refractivity contribution >= 4 is 31.9 Å². The summed E-state index contributed by atoms with van der Waals surface area (Å²) in [6.07, 6.45) is 0.0954. The van der Waals surface area contributed by atoms with Crippen LogP contribution in [0, 0.1) is 11.3 Å². The minimum Gasteiger partial charge on any atom is -0.481 e. The van der Waals surface area contributed by atoms with E-state index >= 15 is 0 Å². The van der Waals surface area contributed by atoms with Crippen LogP contribution in [0.3, 0.4) is 0 Å². The Labute approximate surface area is 119 Å². The van der Waals surface area contributed by atoms with Crippen LogP contribution in [0.1, 0.15) is 18.4 Å². The molecule has 0 unspecified atom stereocenters. The van der Waals surface area contributed by atoms with Crippen LogP contribution >= 0.6 is 15.9 Å². The van der Waals surface area contributed by atoms with Crippen molar-refractivity contribution in [3.63, 3.8) is 0 Å². The molecule has 19 heavy (non-hydrogen) atoms. The number of nitrogens with one attached hydrogen (secondary N) is 1. The van der Waals surface area contributed by atoms with Crippen molar-refractivity contribution in [2.24, 2.45) is 0 Å². The second kappa shape index (κ2) is 6.65. The Balaban J connectivity index is 2.80. The number of sulfonamides is 1. The number of rotatable bonds is 6. The summed E-state index contributed by atoms with van der Waals surface area (Å²) in [6, 6.07) is 6.00. The van der Waals surface area contributed by atoms with E-state index in [0.29, 0.717) is 4.47 Å². The number of nitrogens with zero attached hydrogens (tertiary/aromatic N) is 1. The minimum absolute atomic E-state index is 0.0308.